The number of benzene rings is 1. The van der Waals surface area contributed by atoms with E-state index in [0.29, 0.717) is 11.3 Å². The van der Waals surface area contributed by atoms with Crippen molar-refractivity contribution in [3.8, 4) is 5.69 Å². The van der Waals surface area contributed by atoms with Gasteiger partial charge < -0.3 is 15.0 Å². The summed E-state index contributed by atoms with van der Waals surface area (Å²) in [7, 11) is 0. The second kappa shape index (κ2) is 6.87. The van der Waals surface area contributed by atoms with Crippen molar-refractivity contribution in [3.05, 3.63) is 42.1 Å². The molecule has 0 aliphatic carbocycles. The number of anilines is 2. The molecule has 30 heavy (non-hydrogen) atoms. The lowest BCUT2D eigenvalue weighted by atomic mass is 10.1. The monoisotopic (exact) mass is 418 g/mol. The quantitative estimate of drug-likeness (QED) is 0.666. The molecular formula is C19H17F3N6O2. The zero-order valence-corrected chi connectivity index (χ0v) is 15.6. The van der Waals surface area contributed by atoms with Crippen LogP contribution in [0.5, 0.6) is 0 Å². The van der Waals surface area contributed by atoms with Crippen LogP contribution >= 0.6 is 0 Å². The van der Waals surface area contributed by atoms with Crippen LogP contribution in [-0.2, 0) is 4.74 Å². The third-order valence-corrected chi connectivity index (χ3v) is 5.18. The molecule has 2 aliphatic rings. The molecule has 8 nitrogen and oxygen atoms in total. The molecule has 1 aromatic carbocycles. The van der Waals surface area contributed by atoms with Gasteiger partial charge in [0.1, 0.15) is 5.82 Å². The number of rotatable bonds is 2. The fourth-order valence-electron chi connectivity index (χ4n) is 3.87. The van der Waals surface area contributed by atoms with E-state index in [1.165, 1.54) is 16.9 Å². The van der Waals surface area contributed by atoms with Gasteiger partial charge in [0.25, 0.3) is 0 Å². The van der Waals surface area contributed by atoms with E-state index in [9.17, 15) is 18.0 Å². The molecule has 1 fully saturated rings. The zero-order chi connectivity index (χ0) is 20.9. The van der Waals surface area contributed by atoms with E-state index < -0.39 is 18.4 Å². The van der Waals surface area contributed by atoms with E-state index in [-0.39, 0.29) is 17.1 Å². The van der Waals surface area contributed by atoms with E-state index in [2.05, 4.69) is 30.4 Å². The molecule has 5 rings (SSSR count). The van der Waals surface area contributed by atoms with Crippen molar-refractivity contribution >= 4 is 28.6 Å². The maximum Gasteiger partial charge on any atom is 0.430 e. The number of aromatic nitrogens is 3. The topological polar surface area (TPSA) is 84.3 Å². The average Bonchev–Trinajstić information content (AvgIpc) is 3.12. The summed E-state index contributed by atoms with van der Waals surface area (Å²) in [5.74, 6) is 0.511. The number of hydrogen-bond acceptors (Lipinski definition) is 6. The first-order valence-corrected chi connectivity index (χ1v) is 9.40. The van der Waals surface area contributed by atoms with Crippen molar-refractivity contribution in [1.29, 1.82) is 0 Å². The highest BCUT2D eigenvalue weighted by molar-refractivity contribution is 5.93. The largest absolute Gasteiger partial charge is 0.431 e. The molecule has 0 bridgehead atoms. The number of ether oxygens (including phenoxy) is 1. The highest BCUT2D eigenvalue weighted by atomic mass is 19.4. The molecule has 2 aliphatic heterocycles. The smallest absolute Gasteiger partial charge is 0.430 e. The molecule has 11 heteroatoms. The van der Waals surface area contributed by atoms with E-state index in [0.717, 1.165) is 31.6 Å². The van der Waals surface area contributed by atoms with Gasteiger partial charge in [-0.1, -0.05) is 12.1 Å². The zero-order valence-electron chi connectivity index (χ0n) is 15.6. The van der Waals surface area contributed by atoms with Crippen molar-refractivity contribution in [2.45, 2.75) is 12.3 Å². The van der Waals surface area contributed by atoms with Gasteiger partial charge in [0.05, 0.1) is 16.8 Å². The lowest BCUT2D eigenvalue weighted by Crippen LogP contribution is -2.43. The standard InChI is InChI=1S/C19H17F3N6O2/c20-19(21,22)15-14-13(5-6-24-16(14)25-18(29)30-15)28-12-4-2-1-3-11(12)17(26-28)27-9-7-23-8-10-27/h1-6,15,23H,7-10H2,(H,24,25,29)/t15-/m0/s1. The fourth-order valence-corrected chi connectivity index (χ4v) is 3.87. The van der Waals surface area contributed by atoms with Gasteiger partial charge in [0.2, 0.25) is 6.10 Å². The van der Waals surface area contributed by atoms with Crippen LogP contribution in [0.25, 0.3) is 16.6 Å². The molecule has 3 aromatic rings. The normalized spacial score (nSPS) is 19.4. The highest BCUT2D eigenvalue weighted by Gasteiger charge is 2.49. The summed E-state index contributed by atoms with van der Waals surface area (Å²) < 4.78 is 47.2. The number of carbonyl (C=O) groups excluding carboxylic acids is 1. The number of cyclic esters (lactones) is 1. The Morgan fingerprint density at radius 1 is 1.13 bits per heavy atom. The molecule has 0 radical (unpaired) electrons. The lowest BCUT2D eigenvalue weighted by molar-refractivity contribution is -0.206. The minimum absolute atomic E-state index is 0.153. The van der Waals surface area contributed by atoms with Crippen LogP contribution in [0.2, 0.25) is 0 Å². The number of piperazine rings is 1. The Bertz CT molecular complexity index is 1120. The summed E-state index contributed by atoms with van der Waals surface area (Å²) >= 11 is 0. The molecule has 4 heterocycles. The number of amides is 1. The van der Waals surface area contributed by atoms with Gasteiger partial charge in [-0.2, -0.15) is 13.2 Å². The third-order valence-electron chi connectivity index (χ3n) is 5.18. The van der Waals surface area contributed by atoms with Crippen molar-refractivity contribution < 1.29 is 22.7 Å². The number of pyridine rings is 1. The molecule has 0 unspecified atom stereocenters. The van der Waals surface area contributed by atoms with Crippen molar-refractivity contribution in [2.24, 2.45) is 0 Å². The SMILES string of the molecule is O=C1Nc2nccc(-n3nc(N4CCNCC4)c4ccccc43)c2[C@@H](C(F)(F)F)O1. The number of hydrogen-bond donors (Lipinski definition) is 2. The Balaban J connectivity index is 1.73. The minimum Gasteiger partial charge on any atom is -0.431 e. The summed E-state index contributed by atoms with van der Waals surface area (Å²) in [6.45, 7) is 3.06. The Labute approximate surface area is 168 Å². The first kappa shape index (κ1) is 18.7. The number of nitrogens with one attached hydrogen (secondary N) is 2. The van der Waals surface area contributed by atoms with Gasteiger partial charge in [-0.3, -0.25) is 5.32 Å². The van der Waals surface area contributed by atoms with Crippen LogP contribution in [0.1, 0.15) is 11.7 Å². The van der Waals surface area contributed by atoms with E-state index in [1.54, 1.807) is 12.1 Å². The Morgan fingerprint density at radius 2 is 1.90 bits per heavy atom. The number of para-hydroxylation sites is 1. The van der Waals surface area contributed by atoms with Crippen LogP contribution < -0.4 is 15.5 Å². The fraction of sp³-hybridized carbons (Fsp3) is 0.316. The van der Waals surface area contributed by atoms with Crippen LogP contribution in [0.15, 0.2) is 36.5 Å². The van der Waals surface area contributed by atoms with Gasteiger partial charge in [-0.15, -0.1) is 5.10 Å². The van der Waals surface area contributed by atoms with Gasteiger partial charge in [-0.25, -0.2) is 14.5 Å². The summed E-state index contributed by atoms with van der Waals surface area (Å²) in [4.78, 5) is 17.7. The molecule has 156 valence electrons. The Morgan fingerprint density at radius 3 is 2.67 bits per heavy atom. The molecule has 2 aromatic heterocycles. The third kappa shape index (κ3) is 3.02. The van der Waals surface area contributed by atoms with E-state index in [4.69, 9.17) is 0 Å². The number of nitrogens with zero attached hydrogens (tertiary/aromatic N) is 4. The number of alkyl halides is 3. The predicted octanol–water partition coefficient (Wildman–Crippen LogP) is 3.00. The van der Waals surface area contributed by atoms with Crippen LogP contribution in [0.4, 0.5) is 29.6 Å². The van der Waals surface area contributed by atoms with Crippen molar-refractivity contribution in [3.63, 3.8) is 0 Å². The lowest BCUT2D eigenvalue weighted by Gasteiger charge is -2.29. The molecule has 0 saturated carbocycles. The second-order valence-corrected chi connectivity index (χ2v) is 7.03. The van der Waals surface area contributed by atoms with Gasteiger partial charge in [0, 0.05) is 37.8 Å². The first-order chi connectivity index (χ1) is 14.4. The molecule has 1 saturated heterocycles. The van der Waals surface area contributed by atoms with Gasteiger partial charge in [0.15, 0.2) is 5.82 Å². The maximum atomic E-state index is 13.7. The number of carbonyl (C=O) groups is 1. The van der Waals surface area contributed by atoms with Crippen LogP contribution in [0.3, 0.4) is 0 Å². The minimum atomic E-state index is -4.80. The van der Waals surface area contributed by atoms with Gasteiger partial charge in [-0.05, 0) is 18.2 Å². The van der Waals surface area contributed by atoms with Crippen molar-refractivity contribution in [2.75, 3.05) is 36.4 Å². The Kier molecular flexibility index (Phi) is 4.28. The molecule has 2 N–H and O–H groups in total. The Hall–Kier alpha value is -3.34. The predicted molar refractivity (Wildman–Crippen MR) is 103 cm³/mol. The van der Waals surface area contributed by atoms with Crippen LogP contribution in [-0.4, -0.2) is 53.2 Å². The summed E-state index contributed by atoms with van der Waals surface area (Å²) in [6, 6.07) is 8.80. The molecule has 0 spiro atoms. The first-order valence-electron chi connectivity index (χ1n) is 9.40. The van der Waals surface area contributed by atoms with Gasteiger partial charge >= 0.3 is 12.3 Å². The molecule has 1 amide bonds. The second-order valence-electron chi connectivity index (χ2n) is 7.03. The molecular weight excluding hydrogens is 401 g/mol. The van der Waals surface area contributed by atoms with Crippen LogP contribution in [0, 0.1) is 0 Å². The summed E-state index contributed by atoms with van der Waals surface area (Å²) in [5, 5.41) is 11.0. The maximum absolute atomic E-state index is 13.7. The number of fused-ring (bicyclic) bond motifs is 2. The van der Waals surface area contributed by atoms with E-state index in [1.807, 2.05) is 12.1 Å². The number of halogens is 3. The van der Waals surface area contributed by atoms with Crippen molar-refractivity contribution in [1.82, 2.24) is 20.1 Å². The highest BCUT2D eigenvalue weighted by Crippen LogP contribution is 2.44. The average molecular weight is 418 g/mol. The molecule has 1 atom stereocenters. The van der Waals surface area contributed by atoms with E-state index >= 15 is 0 Å². The summed E-state index contributed by atoms with van der Waals surface area (Å²) in [6.07, 6.45) is -7.08. The summed E-state index contributed by atoms with van der Waals surface area (Å²) in [5.41, 5.74) is 0.530.